The third-order valence-corrected chi connectivity index (χ3v) is 5.11. The van der Waals surface area contributed by atoms with Crippen LogP contribution in [0.25, 0.3) is 0 Å². The Kier molecular flexibility index (Phi) is 6.06. The Bertz CT molecular complexity index is 776. The van der Waals surface area contributed by atoms with Crippen LogP contribution >= 0.6 is 11.6 Å². The molecule has 6 nitrogen and oxygen atoms in total. The molecule has 0 unspecified atom stereocenters. The molecule has 7 heteroatoms. The van der Waals surface area contributed by atoms with E-state index in [1.807, 2.05) is 16.8 Å². The highest BCUT2D eigenvalue weighted by atomic mass is 35.5. The van der Waals surface area contributed by atoms with E-state index >= 15 is 0 Å². The zero-order valence-corrected chi connectivity index (χ0v) is 16.6. The number of halogens is 1. The lowest BCUT2D eigenvalue weighted by molar-refractivity contribution is 0.139. The van der Waals surface area contributed by atoms with Gasteiger partial charge in [-0.1, -0.05) is 11.6 Å². The van der Waals surface area contributed by atoms with Crippen molar-refractivity contribution in [2.24, 2.45) is 0 Å². The van der Waals surface area contributed by atoms with E-state index in [0.717, 1.165) is 36.6 Å². The van der Waals surface area contributed by atoms with Crippen molar-refractivity contribution in [1.82, 2.24) is 14.7 Å². The lowest BCUT2D eigenvalue weighted by Gasteiger charge is -2.23. The molecular weight excluding hydrogens is 354 g/mol. The van der Waals surface area contributed by atoms with Gasteiger partial charge in [-0.15, -0.1) is 0 Å². The van der Waals surface area contributed by atoms with Crippen LogP contribution in [0.15, 0.2) is 12.1 Å². The van der Waals surface area contributed by atoms with Crippen molar-refractivity contribution in [1.29, 1.82) is 0 Å². The summed E-state index contributed by atoms with van der Waals surface area (Å²) in [6.45, 7) is 10.4. The highest BCUT2D eigenvalue weighted by Crippen LogP contribution is 2.37. The number of rotatable bonds is 8. The molecular formula is C19H26ClN3O3. The lowest BCUT2D eigenvalue weighted by Crippen LogP contribution is -2.27. The van der Waals surface area contributed by atoms with Gasteiger partial charge in [0.05, 0.1) is 12.3 Å². The van der Waals surface area contributed by atoms with Crippen molar-refractivity contribution < 1.29 is 14.2 Å². The zero-order chi connectivity index (χ0) is 18.7. The summed E-state index contributed by atoms with van der Waals surface area (Å²) < 4.78 is 18.2. The molecule has 1 aromatic heterocycles. The number of fused-ring (bicyclic) bond motifs is 1. The molecule has 0 saturated heterocycles. The molecule has 142 valence electrons. The molecule has 1 aliphatic rings. The van der Waals surface area contributed by atoms with E-state index in [1.54, 1.807) is 7.11 Å². The average Bonchev–Trinajstić information content (AvgIpc) is 3.18. The van der Waals surface area contributed by atoms with Crippen LogP contribution < -0.4 is 9.47 Å². The summed E-state index contributed by atoms with van der Waals surface area (Å²) in [5, 5.41) is 5.32. The number of benzene rings is 1. The SMILES string of the molecule is CCn1nc(C)c(CN(CCOC)Cc2cc3c(cc2Cl)OCO3)c1C. The van der Waals surface area contributed by atoms with E-state index in [9.17, 15) is 0 Å². The number of aromatic nitrogens is 2. The second-order valence-corrected chi connectivity index (χ2v) is 6.87. The van der Waals surface area contributed by atoms with Crippen LogP contribution in [-0.4, -0.2) is 41.7 Å². The van der Waals surface area contributed by atoms with E-state index in [4.69, 9.17) is 25.8 Å². The fraction of sp³-hybridized carbons (Fsp3) is 0.526. The predicted molar refractivity (Wildman–Crippen MR) is 101 cm³/mol. The first-order valence-electron chi connectivity index (χ1n) is 8.85. The topological polar surface area (TPSA) is 48.8 Å². The summed E-state index contributed by atoms with van der Waals surface area (Å²) in [5.74, 6) is 1.46. The molecule has 0 saturated carbocycles. The van der Waals surface area contributed by atoms with Gasteiger partial charge in [0.25, 0.3) is 0 Å². The van der Waals surface area contributed by atoms with Gasteiger partial charge in [-0.2, -0.15) is 5.10 Å². The standard InChI is InChI=1S/C19H26ClN3O3/c1-5-23-14(3)16(13(2)21-23)11-22(6-7-24-4)10-15-8-18-19(9-17(15)20)26-12-25-18/h8-9H,5-7,10-12H2,1-4H3. The van der Waals surface area contributed by atoms with Crippen molar-refractivity contribution in [3.05, 3.63) is 39.7 Å². The lowest BCUT2D eigenvalue weighted by atomic mass is 10.1. The predicted octanol–water partition coefficient (Wildman–Crippen LogP) is 3.55. The molecule has 0 N–H and O–H groups in total. The minimum absolute atomic E-state index is 0.247. The summed E-state index contributed by atoms with van der Waals surface area (Å²) in [6, 6.07) is 3.80. The molecule has 0 spiro atoms. The summed E-state index contributed by atoms with van der Waals surface area (Å²) >= 11 is 6.47. The van der Waals surface area contributed by atoms with Gasteiger partial charge in [0.2, 0.25) is 6.79 Å². The molecule has 2 aromatic rings. The molecule has 3 rings (SSSR count). The number of ether oxygens (including phenoxy) is 3. The Balaban J connectivity index is 1.82. The van der Waals surface area contributed by atoms with Crippen molar-refractivity contribution in [2.75, 3.05) is 27.1 Å². The Hall–Kier alpha value is -1.76. The van der Waals surface area contributed by atoms with Gasteiger partial charge in [-0.3, -0.25) is 9.58 Å². The number of hydrogen-bond donors (Lipinski definition) is 0. The van der Waals surface area contributed by atoms with Crippen LogP contribution in [0.1, 0.15) is 29.4 Å². The first-order chi connectivity index (χ1) is 12.5. The maximum Gasteiger partial charge on any atom is 0.231 e. The van der Waals surface area contributed by atoms with Gasteiger partial charge < -0.3 is 14.2 Å². The normalized spacial score (nSPS) is 13.0. The van der Waals surface area contributed by atoms with Crippen molar-refractivity contribution >= 4 is 11.6 Å². The number of methoxy groups -OCH3 is 1. The maximum absolute atomic E-state index is 6.47. The largest absolute Gasteiger partial charge is 0.454 e. The summed E-state index contributed by atoms with van der Waals surface area (Å²) in [7, 11) is 1.72. The van der Waals surface area contributed by atoms with E-state index in [1.165, 1.54) is 11.3 Å². The highest BCUT2D eigenvalue weighted by Gasteiger charge is 2.20. The van der Waals surface area contributed by atoms with Gasteiger partial charge in [0.1, 0.15) is 0 Å². The van der Waals surface area contributed by atoms with Gasteiger partial charge >= 0.3 is 0 Å². The third kappa shape index (κ3) is 3.98. The van der Waals surface area contributed by atoms with Crippen LogP contribution in [0.4, 0.5) is 0 Å². The molecule has 1 aliphatic heterocycles. The maximum atomic E-state index is 6.47. The Morgan fingerprint density at radius 1 is 1.23 bits per heavy atom. The first kappa shape index (κ1) is 19.0. The van der Waals surface area contributed by atoms with E-state index in [0.29, 0.717) is 23.9 Å². The zero-order valence-electron chi connectivity index (χ0n) is 15.8. The van der Waals surface area contributed by atoms with Crippen LogP contribution in [0.2, 0.25) is 5.02 Å². The quantitative estimate of drug-likeness (QED) is 0.702. The van der Waals surface area contributed by atoms with Crippen molar-refractivity contribution in [3.63, 3.8) is 0 Å². The van der Waals surface area contributed by atoms with Gasteiger partial charge in [0.15, 0.2) is 11.5 Å². The Morgan fingerprint density at radius 3 is 2.62 bits per heavy atom. The van der Waals surface area contributed by atoms with E-state index in [2.05, 4.69) is 30.8 Å². The van der Waals surface area contributed by atoms with Crippen molar-refractivity contribution in [2.45, 2.75) is 40.4 Å². The highest BCUT2D eigenvalue weighted by molar-refractivity contribution is 6.31. The second-order valence-electron chi connectivity index (χ2n) is 6.47. The molecule has 0 bridgehead atoms. The molecule has 0 aliphatic carbocycles. The van der Waals surface area contributed by atoms with Gasteiger partial charge in [-0.25, -0.2) is 0 Å². The van der Waals surface area contributed by atoms with Gasteiger partial charge in [-0.05, 0) is 32.4 Å². The van der Waals surface area contributed by atoms with Gasteiger partial charge in [0, 0.05) is 55.6 Å². The minimum atomic E-state index is 0.247. The fourth-order valence-corrected chi connectivity index (χ4v) is 3.46. The number of aryl methyl sites for hydroxylation is 2. The molecule has 26 heavy (non-hydrogen) atoms. The molecule has 0 amide bonds. The summed E-state index contributed by atoms with van der Waals surface area (Å²) in [5.41, 5.74) is 4.57. The van der Waals surface area contributed by atoms with Crippen LogP contribution in [-0.2, 0) is 24.4 Å². The van der Waals surface area contributed by atoms with E-state index < -0.39 is 0 Å². The number of hydrogen-bond acceptors (Lipinski definition) is 5. The third-order valence-electron chi connectivity index (χ3n) is 4.76. The minimum Gasteiger partial charge on any atom is -0.454 e. The van der Waals surface area contributed by atoms with Crippen LogP contribution in [0, 0.1) is 13.8 Å². The van der Waals surface area contributed by atoms with E-state index in [-0.39, 0.29) is 6.79 Å². The molecule has 1 aromatic carbocycles. The average molecular weight is 380 g/mol. The monoisotopic (exact) mass is 379 g/mol. The second kappa shape index (κ2) is 8.29. The van der Waals surface area contributed by atoms with Crippen LogP contribution in [0.3, 0.4) is 0 Å². The Morgan fingerprint density at radius 2 is 1.96 bits per heavy atom. The molecule has 0 radical (unpaired) electrons. The molecule has 0 fully saturated rings. The fourth-order valence-electron chi connectivity index (χ4n) is 3.25. The van der Waals surface area contributed by atoms with Crippen molar-refractivity contribution in [3.8, 4) is 11.5 Å². The van der Waals surface area contributed by atoms with Crippen LogP contribution in [0.5, 0.6) is 11.5 Å². The first-order valence-corrected chi connectivity index (χ1v) is 9.23. The number of nitrogens with zero attached hydrogens (tertiary/aromatic N) is 3. The molecule has 2 heterocycles. The summed E-state index contributed by atoms with van der Waals surface area (Å²) in [6.07, 6.45) is 0. The summed E-state index contributed by atoms with van der Waals surface area (Å²) in [4.78, 5) is 2.32. The smallest absolute Gasteiger partial charge is 0.231 e. The molecule has 0 atom stereocenters. The Labute approximate surface area is 159 Å².